The van der Waals surface area contributed by atoms with Gasteiger partial charge in [-0.2, -0.15) is 13.2 Å². The number of hydrogen-bond donors (Lipinski definition) is 2. The van der Waals surface area contributed by atoms with Gasteiger partial charge in [-0.25, -0.2) is 0 Å². The SMILES string of the molecule is COC(=O)CC1NCCc2c1[nH]c1ccc(OCc3ccc(C(F)(F)F)cc3)cc21.Cl. The van der Waals surface area contributed by atoms with E-state index in [0.717, 1.165) is 47.3 Å². The van der Waals surface area contributed by atoms with Crippen molar-refractivity contribution < 1.29 is 27.4 Å². The Balaban J connectivity index is 0.00000272. The van der Waals surface area contributed by atoms with E-state index in [1.807, 2.05) is 18.2 Å². The lowest BCUT2D eigenvalue weighted by Crippen LogP contribution is -2.31. The van der Waals surface area contributed by atoms with E-state index in [9.17, 15) is 18.0 Å². The molecule has 2 N–H and O–H groups in total. The minimum Gasteiger partial charge on any atom is -0.489 e. The number of H-pyrrole nitrogens is 1. The molecule has 3 aromatic rings. The summed E-state index contributed by atoms with van der Waals surface area (Å²) in [5.41, 5.74) is 3.03. The molecule has 0 saturated heterocycles. The van der Waals surface area contributed by atoms with Gasteiger partial charge in [0.2, 0.25) is 0 Å². The van der Waals surface area contributed by atoms with Gasteiger partial charge in [-0.05, 0) is 54.4 Å². The van der Waals surface area contributed by atoms with E-state index >= 15 is 0 Å². The zero-order valence-corrected chi connectivity index (χ0v) is 17.5. The lowest BCUT2D eigenvalue weighted by atomic mass is 9.97. The summed E-state index contributed by atoms with van der Waals surface area (Å²) in [5.74, 6) is 0.354. The van der Waals surface area contributed by atoms with E-state index in [0.29, 0.717) is 11.3 Å². The van der Waals surface area contributed by atoms with Crippen LogP contribution < -0.4 is 10.1 Å². The van der Waals surface area contributed by atoms with E-state index in [-0.39, 0.29) is 37.4 Å². The summed E-state index contributed by atoms with van der Waals surface area (Å²) >= 11 is 0. The second kappa shape index (κ2) is 9.20. The van der Waals surface area contributed by atoms with Crippen LogP contribution in [0.4, 0.5) is 13.2 Å². The van der Waals surface area contributed by atoms with Gasteiger partial charge in [-0.1, -0.05) is 12.1 Å². The molecule has 0 fully saturated rings. The van der Waals surface area contributed by atoms with Crippen LogP contribution in [0.15, 0.2) is 42.5 Å². The fourth-order valence-electron chi connectivity index (χ4n) is 3.76. The largest absolute Gasteiger partial charge is 0.489 e. The van der Waals surface area contributed by atoms with Crippen molar-refractivity contribution in [3.63, 3.8) is 0 Å². The first-order chi connectivity index (χ1) is 14.3. The number of aromatic amines is 1. The van der Waals surface area contributed by atoms with E-state index < -0.39 is 11.7 Å². The number of rotatable bonds is 5. The molecular formula is C22H22ClF3N2O3. The third-order valence-electron chi connectivity index (χ3n) is 5.31. The van der Waals surface area contributed by atoms with Crippen molar-refractivity contribution in [3.8, 4) is 5.75 Å². The van der Waals surface area contributed by atoms with Crippen molar-refractivity contribution in [2.24, 2.45) is 0 Å². The number of nitrogens with one attached hydrogen (secondary N) is 2. The van der Waals surface area contributed by atoms with Crippen molar-refractivity contribution in [2.75, 3.05) is 13.7 Å². The lowest BCUT2D eigenvalue weighted by Gasteiger charge is -2.23. The summed E-state index contributed by atoms with van der Waals surface area (Å²) in [6.45, 7) is 0.918. The van der Waals surface area contributed by atoms with Crippen LogP contribution in [0.1, 0.15) is 34.8 Å². The van der Waals surface area contributed by atoms with E-state index in [2.05, 4.69) is 10.3 Å². The zero-order chi connectivity index (χ0) is 21.3. The molecule has 0 spiro atoms. The number of alkyl halides is 3. The molecule has 166 valence electrons. The van der Waals surface area contributed by atoms with Crippen molar-refractivity contribution in [1.82, 2.24) is 10.3 Å². The summed E-state index contributed by atoms with van der Waals surface area (Å²) in [6, 6.07) is 10.5. The first-order valence-corrected chi connectivity index (χ1v) is 9.59. The summed E-state index contributed by atoms with van der Waals surface area (Å²) in [6.07, 6.45) is -3.29. The Morgan fingerprint density at radius 1 is 1.16 bits per heavy atom. The Morgan fingerprint density at radius 2 is 1.90 bits per heavy atom. The van der Waals surface area contributed by atoms with Crippen molar-refractivity contribution in [3.05, 3.63) is 64.8 Å². The number of benzene rings is 2. The highest BCUT2D eigenvalue weighted by Crippen LogP contribution is 2.34. The number of fused-ring (bicyclic) bond motifs is 3. The van der Waals surface area contributed by atoms with Crippen molar-refractivity contribution in [2.45, 2.75) is 31.7 Å². The number of ether oxygens (including phenoxy) is 2. The van der Waals surface area contributed by atoms with Gasteiger partial charge >= 0.3 is 12.1 Å². The number of carbonyl (C=O) groups is 1. The quantitative estimate of drug-likeness (QED) is 0.536. The Kier molecular flexibility index (Phi) is 6.81. The maximum atomic E-state index is 12.7. The predicted octanol–water partition coefficient (Wildman–Crippen LogP) is 4.94. The highest BCUT2D eigenvalue weighted by Gasteiger charge is 2.30. The lowest BCUT2D eigenvalue weighted by molar-refractivity contribution is -0.141. The van der Waals surface area contributed by atoms with Gasteiger partial charge in [0.25, 0.3) is 0 Å². The molecule has 5 nitrogen and oxygen atoms in total. The molecule has 4 rings (SSSR count). The molecule has 2 heterocycles. The summed E-state index contributed by atoms with van der Waals surface area (Å²) in [4.78, 5) is 15.1. The Labute approximate surface area is 183 Å². The van der Waals surface area contributed by atoms with Crippen LogP contribution in [0, 0.1) is 0 Å². The standard InChI is InChI=1S/C22H21F3N2O3.ClH/c1-29-20(28)11-19-21-16(8-9-26-19)17-10-15(6-7-18(17)27-21)30-12-13-2-4-14(5-3-13)22(23,24)25;/h2-7,10,19,26-27H,8-9,11-12H2,1H3;1H. The molecule has 31 heavy (non-hydrogen) atoms. The fraction of sp³-hybridized carbons (Fsp3) is 0.318. The average Bonchev–Trinajstić information content (AvgIpc) is 3.11. The van der Waals surface area contributed by atoms with Crippen LogP contribution in [0.3, 0.4) is 0 Å². The van der Waals surface area contributed by atoms with Gasteiger partial charge in [0, 0.05) is 16.6 Å². The number of halogens is 4. The van der Waals surface area contributed by atoms with Crippen LogP contribution in [-0.2, 0) is 28.7 Å². The second-order valence-electron chi connectivity index (χ2n) is 7.24. The number of aromatic nitrogens is 1. The van der Waals surface area contributed by atoms with Gasteiger partial charge in [0.05, 0.1) is 25.1 Å². The molecule has 0 aliphatic carbocycles. The van der Waals surface area contributed by atoms with Gasteiger partial charge < -0.3 is 19.8 Å². The third-order valence-corrected chi connectivity index (χ3v) is 5.31. The smallest absolute Gasteiger partial charge is 0.416 e. The molecule has 0 bridgehead atoms. The normalized spacial score (nSPS) is 15.8. The highest BCUT2D eigenvalue weighted by molar-refractivity contribution is 5.87. The maximum Gasteiger partial charge on any atom is 0.416 e. The Morgan fingerprint density at radius 3 is 2.58 bits per heavy atom. The molecule has 0 radical (unpaired) electrons. The van der Waals surface area contributed by atoms with Crippen molar-refractivity contribution >= 4 is 29.3 Å². The molecule has 2 aromatic carbocycles. The molecule has 1 atom stereocenters. The van der Waals surface area contributed by atoms with Gasteiger partial charge in [0.15, 0.2) is 0 Å². The summed E-state index contributed by atoms with van der Waals surface area (Å²) in [7, 11) is 1.37. The van der Waals surface area contributed by atoms with Gasteiger partial charge in [0.1, 0.15) is 12.4 Å². The van der Waals surface area contributed by atoms with Crippen LogP contribution in [0.5, 0.6) is 5.75 Å². The average molecular weight is 455 g/mol. The first-order valence-electron chi connectivity index (χ1n) is 9.59. The Bertz CT molecular complexity index is 1060. The maximum absolute atomic E-state index is 12.7. The molecule has 1 aliphatic rings. The molecule has 1 unspecified atom stereocenters. The predicted molar refractivity (Wildman–Crippen MR) is 112 cm³/mol. The fourth-order valence-corrected chi connectivity index (χ4v) is 3.76. The second-order valence-corrected chi connectivity index (χ2v) is 7.24. The summed E-state index contributed by atoms with van der Waals surface area (Å²) in [5, 5.41) is 4.35. The Hall–Kier alpha value is -2.71. The summed E-state index contributed by atoms with van der Waals surface area (Å²) < 4.78 is 48.6. The zero-order valence-electron chi connectivity index (χ0n) is 16.7. The molecule has 9 heteroatoms. The first kappa shape index (κ1) is 23.0. The van der Waals surface area contributed by atoms with E-state index in [4.69, 9.17) is 9.47 Å². The van der Waals surface area contributed by atoms with Crippen LogP contribution in [-0.4, -0.2) is 24.6 Å². The highest BCUT2D eigenvalue weighted by atomic mass is 35.5. The molecular weight excluding hydrogens is 433 g/mol. The number of esters is 1. The van der Waals surface area contributed by atoms with Crippen LogP contribution in [0.25, 0.3) is 10.9 Å². The van der Waals surface area contributed by atoms with Crippen molar-refractivity contribution in [1.29, 1.82) is 0 Å². The van der Waals surface area contributed by atoms with E-state index in [1.54, 1.807) is 0 Å². The van der Waals surface area contributed by atoms with Gasteiger partial charge in [-0.3, -0.25) is 4.79 Å². The topological polar surface area (TPSA) is 63.3 Å². The third kappa shape index (κ3) is 4.97. The van der Waals surface area contributed by atoms with Gasteiger partial charge in [-0.15, -0.1) is 12.4 Å². The minimum absolute atomic E-state index is 0. The molecule has 1 aromatic heterocycles. The molecule has 1 aliphatic heterocycles. The monoisotopic (exact) mass is 454 g/mol. The van der Waals surface area contributed by atoms with E-state index in [1.165, 1.54) is 19.2 Å². The van der Waals surface area contributed by atoms with Crippen LogP contribution >= 0.6 is 12.4 Å². The molecule has 0 amide bonds. The minimum atomic E-state index is -4.35. The molecule has 0 saturated carbocycles. The number of hydrogen-bond acceptors (Lipinski definition) is 4. The van der Waals surface area contributed by atoms with Crippen LogP contribution in [0.2, 0.25) is 0 Å². The number of methoxy groups -OCH3 is 1. The number of carbonyl (C=O) groups excluding carboxylic acids is 1.